The number of rotatable bonds is 15. The Labute approximate surface area is 231 Å². The summed E-state index contributed by atoms with van der Waals surface area (Å²) in [5, 5.41) is 19.0. The molecule has 0 fully saturated rings. The molecule has 2 N–H and O–H groups in total. The minimum atomic E-state index is 0.0426. The second-order valence-corrected chi connectivity index (χ2v) is 16.4. The predicted octanol–water partition coefficient (Wildman–Crippen LogP) is 10.0. The summed E-state index contributed by atoms with van der Waals surface area (Å²) >= 11 is 4.02. The van der Waals surface area contributed by atoms with Crippen LogP contribution in [-0.4, -0.2) is 23.4 Å². The second-order valence-electron chi connectivity index (χ2n) is 13.8. The van der Waals surface area contributed by atoms with Gasteiger partial charge in [-0.2, -0.15) is 0 Å². The molecule has 0 aliphatic carbocycles. The van der Waals surface area contributed by atoms with Crippen LogP contribution in [0.2, 0.25) is 0 Å². The lowest BCUT2D eigenvalue weighted by Crippen LogP contribution is -2.16. The highest BCUT2D eigenvalue weighted by Crippen LogP contribution is 2.46. The van der Waals surface area contributed by atoms with Crippen molar-refractivity contribution < 1.29 is 10.2 Å². The third kappa shape index (κ3) is 12.0. The molecule has 2 aliphatic heterocycles. The van der Waals surface area contributed by atoms with Crippen molar-refractivity contribution in [2.45, 2.75) is 120 Å². The lowest BCUT2D eigenvalue weighted by Gasteiger charge is -2.28. The zero-order chi connectivity index (χ0) is 27.0. The molecule has 0 amide bonds. The van der Waals surface area contributed by atoms with Crippen LogP contribution in [0.15, 0.2) is 43.9 Å². The Morgan fingerprint density at radius 1 is 0.556 bits per heavy atom. The smallest absolute Gasteiger partial charge is 0.0482 e. The van der Waals surface area contributed by atoms with Gasteiger partial charge in [-0.25, -0.2) is 0 Å². The molecule has 2 heterocycles. The van der Waals surface area contributed by atoms with E-state index in [1.807, 2.05) is 23.5 Å². The Hall–Kier alpha value is -0.420. The molecule has 0 atom stereocenters. The molecule has 0 spiro atoms. The fourth-order valence-corrected chi connectivity index (χ4v) is 7.93. The Kier molecular flexibility index (Phi) is 12.0. The van der Waals surface area contributed by atoms with Crippen LogP contribution in [0.25, 0.3) is 0 Å². The van der Waals surface area contributed by atoms with Crippen LogP contribution in [0.1, 0.15) is 120 Å². The maximum atomic E-state index is 9.51. The van der Waals surface area contributed by atoms with Gasteiger partial charge in [0.05, 0.1) is 0 Å². The average molecular weight is 535 g/mol. The van der Waals surface area contributed by atoms with E-state index in [9.17, 15) is 10.2 Å². The molecule has 206 valence electrons. The van der Waals surface area contributed by atoms with E-state index in [1.54, 1.807) is 0 Å². The van der Waals surface area contributed by atoms with Crippen molar-refractivity contribution in [3.63, 3.8) is 0 Å². The maximum absolute atomic E-state index is 9.51. The fraction of sp³-hybridized carbons (Fsp3) is 0.750. The van der Waals surface area contributed by atoms with Crippen molar-refractivity contribution in [1.82, 2.24) is 0 Å². The number of hydrogen-bond acceptors (Lipinski definition) is 4. The molecule has 2 nitrogen and oxygen atoms in total. The SMILES string of the molecule is CC1(C)C=C(CCCCC(C)(C)CO)SC(CCC2=CC(C)(C)C=C(CCCCC(C)(C)CO)S2)=C1. The van der Waals surface area contributed by atoms with Crippen LogP contribution in [0.3, 0.4) is 0 Å². The first-order chi connectivity index (χ1) is 16.6. The first-order valence-electron chi connectivity index (χ1n) is 14.1. The van der Waals surface area contributed by atoms with Gasteiger partial charge in [0.25, 0.3) is 0 Å². The molecule has 0 bridgehead atoms. The van der Waals surface area contributed by atoms with Gasteiger partial charge in [0.15, 0.2) is 0 Å². The Morgan fingerprint density at radius 2 is 0.861 bits per heavy atom. The summed E-state index contributed by atoms with van der Waals surface area (Å²) in [5.41, 5.74) is 0.337. The maximum Gasteiger partial charge on any atom is 0.0482 e. The quantitative estimate of drug-likeness (QED) is 0.205. The molecule has 0 unspecified atom stereocenters. The highest BCUT2D eigenvalue weighted by Gasteiger charge is 2.24. The molecule has 2 rings (SSSR count). The molecule has 36 heavy (non-hydrogen) atoms. The monoisotopic (exact) mass is 534 g/mol. The van der Waals surface area contributed by atoms with E-state index in [1.165, 1.54) is 45.3 Å². The molecule has 4 heteroatoms. The van der Waals surface area contributed by atoms with E-state index in [4.69, 9.17) is 0 Å². The molecule has 0 aromatic carbocycles. The van der Waals surface area contributed by atoms with Gasteiger partial charge in [-0.05, 0) is 81.8 Å². The van der Waals surface area contributed by atoms with Gasteiger partial charge < -0.3 is 10.2 Å². The van der Waals surface area contributed by atoms with Crippen LogP contribution in [0.5, 0.6) is 0 Å². The minimum Gasteiger partial charge on any atom is -0.396 e. The molecule has 0 saturated heterocycles. The predicted molar refractivity (Wildman–Crippen MR) is 163 cm³/mol. The van der Waals surface area contributed by atoms with Gasteiger partial charge in [-0.15, -0.1) is 0 Å². The van der Waals surface area contributed by atoms with Gasteiger partial charge in [0.2, 0.25) is 0 Å². The number of aliphatic hydroxyl groups is 2. The van der Waals surface area contributed by atoms with Crippen LogP contribution in [-0.2, 0) is 0 Å². The first kappa shape index (κ1) is 31.8. The lowest BCUT2D eigenvalue weighted by atomic mass is 9.87. The zero-order valence-electron chi connectivity index (χ0n) is 24.5. The van der Waals surface area contributed by atoms with Crippen molar-refractivity contribution in [2.75, 3.05) is 13.2 Å². The molecule has 2 aliphatic rings. The molecule has 0 saturated carbocycles. The number of aliphatic hydroxyl groups excluding tert-OH is 2. The molecule has 0 aromatic heterocycles. The number of thioether (sulfide) groups is 2. The van der Waals surface area contributed by atoms with Gasteiger partial charge in [-0.3, -0.25) is 0 Å². The summed E-state index contributed by atoms with van der Waals surface area (Å²) in [7, 11) is 0. The Morgan fingerprint density at radius 3 is 1.17 bits per heavy atom. The van der Waals surface area contributed by atoms with Crippen molar-refractivity contribution in [3.8, 4) is 0 Å². The summed E-state index contributed by atoms with van der Waals surface area (Å²) in [6, 6.07) is 0. The summed E-state index contributed by atoms with van der Waals surface area (Å²) in [5.74, 6) is 0. The largest absolute Gasteiger partial charge is 0.396 e. The molecular formula is C32H54O2S2. The highest BCUT2D eigenvalue weighted by atomic mass is 32.2. The summed E-state index contributed by atoms with van der Waals surface area (Å²) < 4.78 is 0. The standard InChI is InChI=1S/C32H54O2S2/c1-29(2,23-33)17-11-9-13-25-19-31(5,6)21-27(35-25)15-16-28-22-32(7,8)20-26(36-28)14-10-12-18-30(3,4)24-34/h19-22,33-34H,9-18,23-24H2,1-8H3. The van der Waals surface area contributed by atoms with Gasteiger partial charge in [0, 0.05) is 24.0 Å². The third-order valence-corrected chi connectivity index (χ3v) is 9.52. The minimum absolute atomic E-state index is 0.0426. The number of unbranched alkanes of at least 4 members (excludes halogenated alkanes) is 2. The van der Waals surface area contributed by atoms with Crippen molar-refractivity contribution in [3.05, 3.63) is 43.9 Å². The van der Waals surface area contributed by atoms with Crippen LogP contribution in [0, 0.1) is 21.7 Å². The first-order valence-corrected chi connectivity index (χ1v) is 15.7. The van der Waals surface area contributed by atoms with Crippen LogP contribution < -0.4 is 0 Å². The van der Waals surface area contributed by atoms with E-state index < -0.39 is 0 Å². The Bertz CT molecular complexity index is 770. The normalized spacial score (nSPS) is 19.9. The summed E-state index contributed by atoms with van der Waals surface area (Å²) in [6.45, 7) is 18.5. The van der Waals surface area contributed by atoms with Crippen molar-refractivity contribution in [1.29, 1.82) is 0 Å². The number of hydrogen-bond donors (Lipinski definition) is 2. The average Bonchev–Trinajstić information content (AvgIpc) is 2.76. The van der Waals surface area contributed by atoms with Gasteiger partial charge in [-0.1, -0.05) is 116 Å². The van der Waals surface area contributed by atoms with E-state index in [0.717, 1.165) is 38.5 Å². The van der Waals surface area contributed by atoms with E-state index in [0.29, 0.717) is 0 Å². The molecule has 0 aromatic rings. The molecular weight excluding hydrogens is 480 g/mol. The third-order valence-electron chi connectivity index (χ3n) is 7.18. The molecule has 0 radical (unpaired) electrons. The van der Waals surface area contributed by atoms with Gasteiger partial charge >= 0.3 is 0 Å². The van der Waals surface area contributed by atoms with E-state index in [-0.39, 0.29) is 34.9 Å². The summed E-state index contributed by atoms with van der Waals surface area (Å²) in [4.78, 5) is 6.09. The zero-order valence-corrected chi connectivity index (χ0v) is 26.1. The summed E-state index contributed by atoms with van der Waals surface area (Å²) in [6.07, 6.45) is 21.4. The van der Waals surface area contributed by atoms with Crippen molar-refractivity contribution >= 4 is 23.5 Å². The van der Waals surface area contributed by atoms with Crippen LogP contribution >= 0.6 is 23.5 Å². The van der Waals surface area contributed by atoms with E-state index >= 15 is 0 Å². The lowest BCUT2D eigenvalue weighted by molar-refractivity contribution is 0.147. The van der Waals surface area contributed by atoms with Crippen molar-refractivity contribution in [2.24, 2.45) is 21.7 Å². The van der Waals surface area contributed by atoms with Gasteiger partial charge in [0.1, 0.15) is 0 Å². The van der Waals surface area contributed by atoms with Crippen LogP contribution in [0.4, 0.5) is 0 Å². The Balaban J connectivity index is 1.86. The topological polar surface area (TPSA) is 40.5 Å². The number of allylic oxidation sites excluding steroid dienone is 8. The highest BCUT2D eigenvalue weighted by molar-refractivity contribution is 8.07. The fourth-order valence-electron chi connectivity index (χ4n) is 4.90. The second kappa shape index (κ2) is 13.6. The van der Waals surface area contributed by atoms with E-state index in [2.05, 4.69) is 79.7 Å².